The molecular formula is C19H21NO5S. The van der Waals surface area contributed by atoms with Gasteiger partial charge in [0, 0.05) is 12.7 Å². The minimum atomic E-state index is -3.22. The molecule has 0 radical (unpaired) electrons. The van der Waals surface area contributed by atoms with Gasteiger partial charge < -0.3 is 14.8 Å². The molecule has 26 heavy (non-hydrogen) atoms. The maximum atomic E-state index is 12.2. The van der Waals surface area contributed by atoms with Gasteiger partial charge in [0.05, 0.1) is 10.9 Å². The minimum Gasteiger partial charge on any atom is -0.454 e. The van der Waals surface area contributed by atoms with Crippen LogP contribution in [-0.2, 0) is 21.1 Å². The Bertz CT molecular complexity index is 906. The van der Waals surface area contributed by atoms with Crippen molar-refractivity contribution in [1.82, 2.24) is 5.32 Å². The van der Waals surface area contributed by atoms with Gasteiger partial charge in [0.15, 0.2) is 21.3 Å². The van der Waals surface area contributed by atoms with E-state index in [1.165, 1.54) is 6.26 Å². The molecule has 0 saturated heterocycles. The van der Waals surface area contributed by atoms with Crippen molar-refractivity contribution in [2.75, 3.05) is 13.0 Å². The Morgan fingerprint density at radius 1 is 1.12 bits per heavy atom. The van der Waals surface area contributed by atoms with Gasteiger partial charge in [-0.25, -0.2) is 8.42 Å². The topological polar surface area (TPSA) is 81.7 Å². The second-order valence-corrected chi connectivity index (χ2v) is 8.33. The minimum absolute atomic E-state index is 0.0673. The van der Waals surface area contributed by atoms with Crippen LogP contribution in [0.1, 0.15) is 30.5 Å². The zero-order valence-corrected chi connectivity index (χ0v) is 15.5. The summed E-state index contributed by atoms with van der Waals surface area (Å²) in [6.07, 6.45) is 2.12. The summed E-state index contributed by atoms with van der Waals surface area (Å²) in [6.45, 7) is 2.10. The van der Waals surface area contributed by atoms with Crippen LogP contribution in [0.3, 0.4) is 0 Å². The smallest absolute Gasteiger partial charge is 0.231 e. The predicted molar refractivity (Wildman–Crippen MR) is 97.0 cm³/mol. The van der Waals surface area contributed by atoms with Crippen molar-refractivity contribution in [3.8, 4) is 11.5 Å². The van der Waals surface area contributed by atoms with E-state index in [1.54, 1.807) is 24.3 Å². The number of hydrogen-bond donors (Lipinski definition) is 1. The summed E-state index contributed by atoms with van der Waals surface area (Å²) in [5.74, 6) is 1.37. The van der Waals surface area contributed by atoms with E-state index in [9.17, 15) is 13.2 Å². The molecule has 138 valence electrons. The highest BCUT2D eigenvalue weighted by Crippen LogP contribution is 2.32. The number of carbonyl (C=O) groups excluding carboxylic acids is 1. The van der Waals surface area contributed by atoms with Crippen LogP contribution in [-0.4, -0.2) is 27.4 Å². The molecule has 1 N–H and O–H groups in total. The van der Waals surface area contributed by atoms with Gasteiger partial charge >= 0.3 is 0 Å². The van der Waals surface area contributed by atoms with E-state index in [1.807, 2.05) is 25.1 Å². The van der Waals surface area contributed by atoms with E-state index in [4.69, 9.17) is 9.47 Å². The number of carbonyl (C=O) groups is 1. The Morgan fingerprint density at radius 3 is 2.50 bits per heavy atom. The van der Waals surface area contributed by atoms with E-state index >= 15 is 0 Å². The van der Waals surface area contributed by atoms with Gasteiger partial charge in [-0.15, -0.1) is 0 Å². The van der Waals surface area contributed by atoms with Crippen LogP contribution in [0.5, 0.6) is 11.5 Å². The molecule has 2 aromatic rings. The summed E-state index contributed by atoms with van der Waals surface area (Å²) in [5.41, 5.74) is 1.86. The maximum Gasteiger partial charge on any atom is 0.231 e. The average molecular weight is 375 g/mol. The number of sulfone groups is 1. The first-order valence-electron chi connectivity index (χ1n) is 8.31. The first kappa shape index (κ1) is 18.3. The normalized spacial score (nSPS) is 14.1. The van der Waals surface area contributed by atoms with Gasteiger partial charge in [-0.3, -0.25) is 4.79 Å². The van der Waals surface area contributed by atoms with Crippen LogP contribution in [0.2, 0.25) is 0 Å². The number of rotatable bonds is 6. The second kappa shape index (κ2) is 7.37. The molecule has 1 aliphatic rings. The number of aryl methyl sites for hydroxylation is 1. The molecule has 2 aromatic carbocycles. The number of amides is 1. The number of fused-ring (bicyclic) bond motifs is 1. The summed E-state index contributed by atoms with van der Waals surface area (Å²) in [7, 11) is -3.22. The van der Waals surface area contributed by atoms with Gasteiger partial charge in [0.25, 0.3) is 0 Å². The van der Waals surface area contributed by atoms with Crippen molar-refractivity contribution in [2.24, 2.45) is 0 Å². The molecule has 0 aliphatic carbocycles. The highest BCUT2D eigenvalue weighted by molar-refractivity contribution is 7.90. The molecule has 6 nitrogen and oxygen atoms in total. The molecule has 1 atom stereocenters. The lowest BCUT2D eigenvalue weighted by Gasteiger charge is -2.15. The summed E-state index contributed by atoms with van der Waals surface area (Å²) >= 11 is 0. The van der Waals surface area contributed by atoms with Crippen LogP contribution >= 0.6 is 0 Å². The average Bonchev–Trinajstić information content (AvgIpc) is 3.07. The van der Waals surface area contributed by atoms with Gasteiger partial charge in [-0.2, -0.15) is 0 Å². The fraction of sp³-hybridized carbons (Fsp3) is 0.316. The first-order valence-corrected chi connectivity index (χ1v) is 10.2. The monoisotopic (exact) mass is 375 g/mol. The summed E-state index contributed by atoms with van der Waals surface area (Å²) < 4.78 is 33.6. The molecule has 0 fully saturated rings. The van der Waals surface area contributed by atoms with Crippen LogP contribution < -0.4 is 14.8 Å². The van der Waals surface area contributed by atoms with Gasteiger partial charge in [-0.05, 0) is 48.7 Å². The van der Waals surface area contributed by atoms with E-state index in [-0.39, 0.29) is 23.6 Å². The standard InChI is InChI=1S/C19H21NO5S/c1-13(15-5-7-16(8-6-15)26(2,22)23)20-19(21)10-4-14-3-9-17-18(11-14)25-12-24-17/h3,5-9,11,13H,4,10,12H2,1-2H3,(H,20,21)/t13-/m0/s1. The number of ether oxygens (including phenoxy) is 2. The van der Waals surface area contributed by atoms with E-state index < -0.39 is 9.84 Å². The van der Waals surface area contributed by atoms with Crippen molar-refractivity contribution >= 4 is 15.7 Å². The lowest BCUT2D eigenvalue weighted by molar-refractivity contribution is -0.121. The van der Waals surface area contributed by atoms with Crippen molar-refractivity contribution in [2.45, 2.75) is 30.7 Å². The SMILES string of the molecule is C[C@H](NC(=O)CCc1ccc2c(c1)OCO2)c1ccc(S(C)(=O)=O)cc1. The fourth-order valence-electron chi connectivity index (χ4n) is 2.76. The van der Waals surface area contributed by atoms with Crippen LogP contribution in [0.25, 0.3) is 0 Å². The Labute approximate surface area is 153 Å². The van der Waals surface area contributed by atoms with Crippen LogP contribution in [0, 0.1) is 0 Å². The third kappa shape index (κ3) is 4.35. The molecule has 3 rings (SSSR count). The van der Waals surface area contributed by atoms with Gasteiger partial charge in [0.2, 0.25) is 12.7 Å². The number of nitrogens with one attached hydrogen (secondary N) is 1. The van der Waals surface area contributed by atoms with Crippen molar-refractivity contribution < 1.29 is 22.7 Å². The lowest BCUT2D eigenvalue weighted by atomic mass is 10.1. The Balaban J connectivity index is 1.54. The Kier molecular flexibility index (Phi) is 5.18. The summed E-state index contributed by atoms with van der Waals surface area (Å²) in [6, 6.07) is 12.0. The highest BCUT2D eigenvalue weighted by Gasteiger charge is 2.15. The molecular weight excluding hydrogens is 354 g/mol. The molecule has 0 saturated carbocycles. The third-order valence-corrected chi connectivity index (χ3v) is 5.39. The van der Waals surface area contributed by atoms with E-state index in [0.29, 0.717) is 18.6 Å². The fourth-order valence-corrected chi connectivity index (χ4v) is 3.39. The largest absolute Gasteiger partial charge is 0.454 e. The van der Waals surface area contributed by atoms with E-state index in [2.05, 4.69) is 5.32 Å². The van der Waals surface area contributed by atoms with Crippen molar-refractivity contribution in [3.05, 3.63) is 53.6 Å². The second-order valence-electron chi connectivity index (χ2n) is 6.32. The van der Waals surface area contributed by atoms with Crippen molar-refractivity contribution in [1.29, 1.82) is 0 Å². The van der Waals surface area contributed by atoms with E-state index in [0.717, 1.165) is 16.9 Å². The molecule has 0 bridgehead atoms. The lowest BCUT2D eigenvalue weighted by Crippen LogP contribution is -2.26. The van der Waals surface area contributed by atoms with Crippen LogP contribution in [0.4, 0.5) is 0 Å². The Morgan fingerprint density at radius 2 is 1.81 bits per heavy atom. The van der Waals surface area contributed by atoms with Gasteiger partial charge in [-0.1, -0.05) is 18.2 Å². The van der Waals surface area contributed by atoms with Gasteiger partial charge in [0.1, 0.15) is 0 Å². The third-order valence-electron chi connectivity index (χ3n) is 4.26. The molecule has 0 unspecified atom stereocenters. The molecule has 1 amide bonds. The van der Waals surface area contributed by atoms with Crippen LogP contribution in [0.15, 0.2) is 47.4 Å². The molecule has 7 heteroatoms. The summed E-state index contributed by atoms with van der Waals surface area (Å²) in [5, 5.41) is 2.93. The first-order chi connectivity index (χ1) is 12.3. The Hall–Kier alpha value is -2.54. The molecule has 1 aliphatic heterocycles. The zero-order chi connectivity index (χ0) is 18.7. The zero-order valence-electron chi connectivity index (χ0n) is 14.7. The predicted octanol–water partition coefficient (Wildman–Crippen LogP) is 2.63. The summed E-state index contributed by atoms with van der Waals surface area (Å²) in [4.78, 5) is 12.5. The number of hydrogen-bond acceptors (Lipinski definition) is 5. The molecule has 1 heterocycles. The number of benzene rings is 2. The molecule has 0 spiro atoms. The maximum absolute atomic E-state index is 12.2. The highest BCUT2D eigenvalue weighted by atomic mass is 32.2. The quantitative estimate of drug-likeness (QED) is 0.839. The van der Waals surface area contributed by atoms with Crippen molar-refractivity contribution in [3.63, 3.8) is 0 Å². The molecule has 0 aromatic heterocycles.